The Bertz CT molecular complexity index is 501. The molecule has 1 aromatic rings. The Morgan fingerprint density at radius 2 is 1.87 bits per heavy atom. The summed E-state index contributed by atoms with van der Waals surface area (Å²) in [6, 6.07) is 6.04. The largest absolute Gasteiger partial charge is 0.324 e. The van der Waals surface area contributed by atoms with Gasteiger partial charge in [-0.3, -0.25) is 9.69 Å². The first-order valence-corrected chi connectivity index (χ1v) is 8.78. The van der Waals surface area contributed by atoms with Crippen LogP contribution in [-0.2, 0) is 4.79 Å². The molecule has 1 saturated heterocycles. The van der Waals surface area contributed by atoms with Crippen LogP contribution in [0.1, 0.15) is 37.3 Å². The monoisotopic (exact) mass is 317 g/mol. The molecule has 0 aliphatic carbocycles. The molecular formula is C19H31N3O. The van der Waals surface area contributed by atoms with Crippen LogP contribution in [-0.4, -0.2) is 43.5 Å². The van der Waals surface area contributed by atoms with Crippen molar-refractivity contribution in [2.24, 2.45) is 5.92 Å². The van der Waals surface area contributed by atoms with E-state index in [9.17, 15) is 4.79 Å². The van der Waals surface area contributed by atoms with Gasteiger partial charge in [0.25, 0.3) is 0 Å². The lowest BCUT2D eigenvalue weighted by Crippen LogP contribution is -2.46. The number of likely N-dealkylation sites (tertiary alicyclic amines) is 1. The minimum atomic E-state index is -0.0701. The van der Waals surface area contributed by atoms with Crippen molar-refractivity contribution in [2.45, 2.75) is 46.1 Å². The number of rotatable bonds is 6. The van der Waals surface area contributed by atoms with Crippen LogP contribution >= 0.6 is 0 Å². The number of nitrogens with one attached hydrogen (secondary N) is 2. The molecule has 2 N–H and O–H groups in total. The molecule has 2 rings (SSSR count). The van der Waals surface area contributed by atoms with Crippen LogP contribution in [0.15, 0.2) is 18.2 Å². The van der Waals surface area contributed by atoms with E-state index in [4.69, 9.17) is 0 Å². The Morgan fingerprint density at radius 1 is 1.26 bits per heavy atom. The van der Waals surface area contributed by atoms with E-state index in [0.29, 0.717) is 0 Å². The van der Waals surface area contributed by atoms with Crippen molar-refractivity contribution >= 4 is 11.6 Å². The molecule has 0 spiro atoms. The number of nitrogens with zero attached hydrogens (tertiary/aromatic N) is 1. The molecule has 1 aliphatic rings. The Labute approximate surface area is 140 Å². The number of carbonyl (C=O) groups excluding carboxylic acids is 1. The summed E-state index contributed by atoms with van der Waals surface area (Å²) >= 11 is 0. The zero-order valence-corrected chi connectivity index (χ0v) is 15.0. The third-order valence-corrected chi connectivity index (χ3v) is 5.11. The lowest BCUT2D eigenvalue weighted by atomic mass is 9.92. The molecular weight excluding hydrogens is 286 g/mol. The van der Waals surface area contributed by atoms with E-state index in [1.165, 1.54) is 19.3 Å². The summed E-state index contributed by atoms with van der Waals surface area (Å²) in [5.41, 5.74) is 3.21. The van der Waals surface area contributed by atoms with E-state index in [1.54, 1.807) is 0 Å². The molecule has 1 unspecified atom stereocenters. The maximum absolute atomic E-state index is 12.6. The lowest BCUT2D eigenvalue weighted by molar-refractivity contribution is -0.121. The third kappa shape index (κ3) is 4.79. The molecule has 1 heterocycles. The molecule has 1 amide bonds. The highest BCUT2D eigenvalue weighted by Crippen LogP contribution is 2.23. The zero-order valence-electron chi connectivity index (χ0n) is 15.0. The number of amides is 1. The molecule has 0 saturated carbocycles. The van der Waals surface area contributed by atoms with Gasteiger partial charge in [0.15, 0.2) is 0 Å². The molecule has 1 fully saturated rings. The molecule has 1 atom stereocenters. The van der Waals surface area contributed by atoms with Gasteiger partial charge in [-0.15, -0.1) is 0 Å². The van der Waals surface area contributed by atoms with Gasteiger partial charge in [-0.2, -0.15) is 0 Å². The van der Waals surface area contributed by atoms with E-state index in [-0.39, 0.29) is 11.9 Å². The van der Waals surface area contributed by atoms with Crippen molar-refractivity contribution in [3.8, 4) is 0 Å². The average molecular weight is 317 g/mol. The zero-order chi connectivity index (χ0) is 16.8. The first-order chi connectivity index (χ1) is 11.0. The smallest absolute Gasteiger partial charge is 0.241 e. The van der Waals surface area contributed by atoms with E-state index < -0.39 is 0 Å². The summed E-state index contributed by atoms with van der Waals surface area (Å²) in [5.74, 6) is 0.906. The number of anilines is 1. The third-order valence-electron chi connectivity index (χ3n) is 5.11. The van der Waals surface area contributed by atoms with Crippen molar-refractivity contribution in [1.29, 1.82) is 0 Å². The molecule has 0 bridgehead atoms. The summed E-state index contributed by atoms with van der Waals surface area (Å²) in [6.45, 7) is 9.25. The predicted octanol–water partition coefficient (Wildman–Crippen LogP) is 2.95. The molecule has 128 valence electrons. The van der Waals surface area contributed by atoms with Gasteiger partial charge in [-0.05, 0) is 83.8 Å². The fourth-order valence-corrected chi connectivity index (χ4v) is 3.38. The quantitative estimate of drug-likeness (QED) is 0.848. The number of piperidine rings is 1. The first kappa shape index (κ1) is 18.0. The van der Waals surface area contributed by atoms with Crippen molar-refractivity contribution in [3.63, 3.8) is 0 Å². The van der Waals surface area contributed by atoms with Crippen LogP contribution in [0.4, 0.5) is 5.69 Å². The average Bonchev–Trinajstić information content (AvgIpc) is 2.56. The highest BCUT2D eigenvalue weighted by atomic mass is 16.2. The van der Waals surface area contributed by atoms with E-state index >= 15 is 0 Å². The SMILES string of the molecule is CNCCC1CCN(C(C)C(=O)Nc2c(C)cccc2C)CC1. The van der Waals surface area contributed by atoms with Gasteiger partial charge in [-0.1, -0.05) is 18.2 Å². The van der Waals surface area contributed by atoms with Crippen LogP contribution in [0.25, 0.3) is 0 Å². The highest BCUT2D eigenvalue weighted by molar-refractivity contribution is 5.95. The summed E-state index contributed by atoms with van der Waals surface area (Å²) in [5, 5.41) is 6.36. The molecule has 0 aromatic heterocycles. The van der Waals surface area contributed by atoms with Gasteiger partial charge in [-0.25, -0.2) is 0 Å². The molecule has 4 heteroatoms. The van der Waals surface area contributed by atoms with Gasteiger partial charge < -0.3 is 10.6 Å². The van der Waals surface area contributed by atoms with E-state index in [2.05, 4.69) is 15.5 Å². The first-order valence-electron chi connectivity index (χ1n) is 8.78. The molecule has 23 heavy (non-hydrogen) atoms. The number of hydrogen-bond acceptors (Lipinski definition) is 3. The molecule has 0 radical (unpaired) electrons. The van der Waals surface area contributed by atoms with Gasteiger partial charge in [0, 0.05) is 5.69 Å². The summed E-state index contributed by atoms with van der Waals surface area (Å²) in [4.78, 5) is 14.9. The van der Waals surface area contributed by atoms with Crippen molar-refractivity contribution in [2.75, 3.05) is 32.0 Å². The van der Waals surface area contributed by atoms with Crippen LogP contribution in [0.5, 0.6) is 0 Å². The standard InChI is InChI=1S/C19H31N3O/c1-14-6-5-7-15(2)18(14)21-19(23)16(3)22-12-9-17(10-13-22)8-11-20-4/h5-7,16-17,20H,8-13H2,1-4H3,(H,21,23). The van der Waals surface area contributed by atoms with Crippen molar-refractivity contribution in [1.82, 2.24) is 10.2 Å². The number of hydrogen-bond donors (Lipinski definition) is 2. The maximum Gasteiger partial charge on any atom is 0.241 e. The molecule has 1 aromatic carbocycles. The second-order valence-corrected chi connectivity index (χ2v) is 6.80. The van der Waals surface area contributed by atoms with Gasteiger partial charge in [0.2, 0.25) is 5.91 Å². The van der Waals surface area contributed by atoms with E-state index in [0.717, 1.165) is 42.4 Å². The fourth-order valence-electron chi connectivity index (χ4n) is 3.38. The van der Waals surface area contributed by atoms with Crippen LogP contribution in [0.2, 0.25) is 0 Å². The number of para-hydroxylation sites is 1. The second-order valence-electron chi connectivity index (χ2n) is 6.80. The topological polar surface area (TPSA) is 44.4 Å². The van der Waals surface area contributed by atoms with Gasteiger partial charge in [0.05, 0.1) is 6.04 Å². The summed E-state index contributed by atoms with van der Waals surface area (Å²) in [6.07, 6.45) is 3.64. The van der Waals surface area contributed by atoms with E-state index in [1.807, 2.05) is 46.0 Å². The Hall–Kier alpha value is -1.39. The Morgan fingerprint density at radius 3 is 2.43 bits per heavy atom. The minimum Gasteiger partial charge on any atom is -0.324 e. The van der Waals surface area contributed by atoms with Crippen LogP contribution < -0.4 is 10.6 Å². The number of benzene rings is 1. The molecule has 1 aliphatic heterocycles. The molecule has 4 nitrogen and oxygen atoms in total. The fraction of sp³-hybridized carbons (Fsp3) is 0.632. The van der Waals surface area contributed by atoms with Crippen LogP contribution in [0.3, 0.4) is 0 Å². The van der Waals surface area contributed by atoms with Gasteiger partial charge in [0.1, 0.15) is 0 Å². The highest BCUT2D eigenvalue weighted by Gasteiger charge is 2.26. The lowest BCUT2D eigenvalue weighted by Gasteiger charge is -2.35. The number of carbonyl (C=O) groups is 1. The summed E-state index contributed by atoms with van der Waals surface area (Å²) in [7, 11) is 2.01. The minimum absolute atomic E-state index is 0.0701. The summed E-state index contributed by atoms with van der Waals surface area (Å²) < 4.78 is 0. The maximum atomic E-state index is 12.6. The van der Waals surface area contributed by atoms with Crippen molar-refractivity contribution < 1.29 is 4.79 Å². The Kier molecular flexibility index (Phi) is 6.60. The second kappa shape index (κ2) is 8.46. The van der Waals surface area contributed by atoms with Crippen LogP contribution in [0, 0.1) is 19.8 Å². The Balaban J connectivity index is 1.88. The normalized spacial score (nSPS) is 17.9. The number of aryl methyl sites for hydroxylation is 2. The van der Waals surface area contributed by atoms with Gasteiger partial charge >= 0.3 is 0 Å². The predicted molar refractivity (Wildman–Crippen MR) is 96.8 cm³/mol. The van der Waals surface area contributed by atoms with Crippen molar-refractivity contribution in [3.05, 3.63) is 29.3 Å².